The van der Waals surface area contributed by atoms with E-state index in [1.807, 2.05) is 54.6 Å². The molecule has 0 amide bonds. The van der Waals surface area contributed by atoms with Crippen LogP contribution in [-0.2, 0) is 13.2 Å². The van der Waals surface area contributed by atoms with Crippen LogP contribution < -0.4 is 4.74 Å². The Kier molecular flexibility index (Phi) is 6.15. The van der Waals surface area contributed by atoms with Gasteiger partial charge < -0.3 is 14.9 Å². The molecule has 0 aromatic heterocycles. The summed E-state index contributed by atoms with van der Waals surface area (Å²) in [6, 6.07) is 21.7. The summed E-state index contributed by atoms with van der Waals surface area (Å²) < 4.78 is 5.89. The molecule has 0 aliphatic heterocycles. The SMILES string of the molecule is CCC(C)c1ccc(OCc2cc(-c3ccccc3)cc(CO)c2O)cc1. The van der Waals surface area contributed by atoms with Crippen molar-refractivity contribution in [3.63, 3.8) is 0 Å². The molecule has 0 radical (unpaired) electrons. The summed E-state index contributed by atoms with van der Waals surface area (Å²) in [6.07, 6.45) is 1.10. The maximum atomic E-state index is 10.4. The Morgan fingerprint density at radius 3 is 2.19 bits per heavy atom. The van der Waals surface area contributed by atoms with E-state index in [9.17, 15) is 10.2 Å². The minimum absolute atomic E-state index is 0.0911. The number of hydrogen-bond donors (Lipinski definition) is 2. The van der Waals surface area contributed by atoms with Gasteiger partial charge in [0.2, 0.25) is 0 Å². The van der Waals surface area contributed by atoms with E-state index in [4.69, 9.17) is 4.74 Å². The van der Waals surface area contributed by atoms with E-state index in [1.165, 1.54) is 5.56 Å². The maximum Gasteiger partial charge on any atom is 0.127 e. The zero-order valence-electron chi connectivity index (χ0n) is 15.9. The van der Waals surface area contributed by atoms with Crippen LogP contribution in [0, 0.1) is 0 Å². The van der Waals surface area contributed by atoms with Crippen LogP contribution in [0.25, 0.3) is 11.1 Å². The molecule has 0 aliphatic carbocycles. The minimum Gasteiger partial charge on any atom is -0.507 e. The predicted octanol–water partition coefficient (Wildman–Crippen LogP) is 5.64. The van der Waals surface area contributed by atoms with Crippen molar-refractivity contribution in [2.45, 2.75) is 39.4 Å². The number of rotatable bonds is 7. The molecule has 0 saturated carbocycles. The molecule has 0 spiro atoms. The summed E-state index contributed by atoms with van der Waals surface area (Å²) in [5.74, 6) is 1.38. The average molecular weight is 362 g/mol. The molecule has 27 heavy (non-hydrogen) atoms. The zero-order valence-corrected chi connectivity index (χ0v) is 15.9. The van der Waals surface area contributed by atoms with Crippen LogP contribution in [0.5, 0.6) is 11.5 Å². The third-order valence-electron chi connectivity index (χ3n) is 5.00. The third-order valence-corrected chi connectivity index (χ3v) is 5.00. The van der Waals surface area contributed by atoms with E-state index in [1.54, 1.807) is 0 Å². The highest BCUT2D eigenvalue weighted by Gasteiger charge is 2.12. The van der Waals surface area contributed by atoms with Gasteiger partial charge in [-0.2, -0.15) is 0 Å². The first-order chi connectivity index (χ1) is 13.1. The fourth-order valence-corrected chi connectivity index (χ4v) is 3.08. The van der Waals surface area contributed by atoms with Gasteiger partial charge in [0.15, 0.2) is 0 Å². The van der Waals surface area contributed by atoms with Gasteiger partial charge in [0.25, 0.3) is 0 Å². The lowest BCUT2D eigenvalue weighted by molar-refractivity contribution is 0.270. The Morgan fingerprint density at radius 2 is 1.56 bits per heavy atom. The number of aliphatic hydroxyl groups is 1. The van der Waals surface area contributed by atoms with Crippen molar-refractivity contribution in [3.8, 4) is 22.6 Å². The summed E-state index contributed by atoms with van der Waals surface area (Å²) in [4.78, 5) is 0. The van der Waals surface area contributed by atoms with Gasteiger partial charge in [-0.1, -0.05) is 56.3 Å². The Balaban J connectivity index is 1.81. The van der Waals surface area contributed by atoms with E-state index < -0.39 is 0 Å². The van der Waals surface area contributed by atoms with Crippen molar-refractivity contribution in [1.29, 1.82) is 0 Å². The molecular formula is C24H26O3. The van der Waals surface area contributed by atoms with E-state index in [0.717, 1.165) is 23.3 Å². The molecule has 2 N–H and O–H groups in total. The van der Waals surface area contributed by atoms with Gasteiger partial charge >= 0.3 is 0 Å². The molecule has 0 aliphatic rings. The van der Waals surface area contributed by atoms with Gasteiger partial charge in [0.1, 0.15) is 18.1 Å². The second-order valence-corrected chi connectivity index (χ2v) is 6.83. The number of ether oxygens (including phenoxy) is 1. The van der Waals surface area contributed by atoms with Crippen molar-refractivity contribution >= 4 is 0 Å². The monoisotopic (exact) mass is 362 g/mol. The minimum atomic E-state index is -0.219. The second kappa shape index (κ2) is 8.74. The molecule has 3 nitrogen and oxygen atoms in total. The summed E-state index contributed by atoms with van der Waals surface area (Å²) in [7, 11) is 0. The van der Waals surface area contributed by atoms with Gasteiger partial charge in [-0.3, -0.25) is 0 Å². The van der Waals surface area contributed by atoms with Crippen molar-refractivity contribution < 1.29 is 14.9 Å². The molecule has 0 saturated heterocycles. The second-order valence-electron chi connectivity index (χ2n) is 6.83. The average Bonchev–Trinajstić information content (AvgIpc) is 2.73. The fraction of sp³-hybridized carbons (Fsp3) is 0.250. The fourth-order valence-electron chi connectivity index (χ4n) is 3.08. The molecule has 0 fully saturated rings. The van der Waals surface area contributed by atoms with Crippen LogP contribution in [0.2, 0.25) is 0 Å². The molecular weight excluding hydrogens is 336 g/mol. The standard InChI is InChI=1S/C24H26O3/c1-3-17(2)18-9-11-23(12-10-18)27-16-22-14-20(13-21(15-25)24(22)26)19-7-5-4-6-8-19/h4-14,17,25-26H,3,15-16H2,1-2H3. The van der Waals surface area contributed by atoms with Crippen LogP contribution in [0.1, 0.15) is 42.9 Å². The van der Waals surface area contributed by atoms with Crippen LogP contribution in [0.4, 0.5) is 0 Å². The maximum absolute atomic E-state index is 10.4. The van der Waals surface area contributed by atoms with Gasteiger partial charge in [0.05, 0.1) is 6.61 Å². The summed E-state index contributed by atoms with van der Waals surface area (Å²) in [5.41, 5.74) is 4.43. The topological polar surface area (TPSA) is 49.7 Å². The Labute approximate surface area is 160 Å². The van der Waals surface area contributed by atoms with Crippen LogP contribution in [0.3, 0.4) is 0 Å². The molecule has 1 unspecified atom stereocenters. The summed E-state index contributed by atoms with van der Waals surface area (Å²) >= 11 is 0. The predicted molar refractivity (Wildman–Crippen MR) is 109 cm³/mol. The number of hydrogen-bond acceptors (Lipinski definition) is 3. The third kappa shape index (κ3) is 4.50. The van der Waals surface area contributed by atoms with Crippen LogP contribution in [0.15, 0.2) is 66.7 Å². The van der Waals surface area contributed by atoms with E-state index in [0.29, 0.717) is 17.0 Å². The van der Waals surface area contributed by atoms with Crippen LogP contribution in [-0.4, -0.2) is 10.2 Å². The molecule has 3 aromatic carbocycles. The van der Waals surface area contributed by atoms with Crippen molar-refractivity contribution in [1.82, 2.24) is 0 Å². The first-order valence-corrected chi connectivity index (χ1v) is 9.36. The van der Waals surface area contributed by atoms with E-state index >= 15 is 0 Å². The normalized spacial score (nSPS) is 12.0. The molecule has 0 heterocycles. The van der Waals surface area contributed by atoms with Gasteiger partial charge in [-0.15, -0.1) is 0 Å². The first-order valence-electron chi connectivity index (χ1n) is 9.36. The van der Waals surface area contributed by atoms with Crippen molar-refractivity contribution in [2.75, 3.05) is 0 Å². The highest BCUT2D eigenvalue weighted by molar-refractivity contribution is 5.67. The van der Waals surface area contributed by atoms with E-state index in [2.05, 4.69) is 26.0 Å². The molecule has 140 valence electrons. The smallest absolute Gasteiger partial charge is 0.127 e. The van der Waals surface area contributed by atoms with Gasteiger partial charge in [-0.25, -0.2) is 0 Å². The lowest BCUT2D eigenvalue weighted by atomic mass is 9.98. The zero-order chi connectivity index (χ0) is 19.2. The summed E-state index contributed by atoms with van der Waals surface area (Å²) in [5, 5.41) is 20.1. The molecule has 0 bridgehead atoms. The first kappa shape index (κ1) is 19.0. The van der Waals surface area contributed by atoms with Crippen LogP contribution >= 0.6 is 0 Å². The number of aromatic hydroxyl groups is 1. The largest absolute Gasteiger partial charge is 0.507 e. The number of phenols is 1. The molecule has 3 rings (SSSR count). The lowest BCUT2D eigenvalue weighted by Gasteiger charge is -2.14. The summed E-state index contributed by atoms with van der Waals surface area (Å²) in [6.45, 7) is 4.40. The number of benzene rings is 3. The highest BCUT2D eigenvalue weighted by atomic mass is 16.5. The molecule has 3 heteroatoms. The molecule has 1 atom stereocenters. The Bertz CT molecular complexity index is 870. The Morgan fingerprint density at radius 1 is 0.889 bits per heavy atom. The molecule has 3 aromatic rings. The van der Waals surface area contributed by atoms with Gasteiger partial charge in [0, 0.05) is 11.1 Å². The highest BCUT2D eigenvalue weighted by Crippen LogP contribution is 2.31. The number of aliphatic hydroxyl groups excluding tert-OH is 1. The quantitative estimate of drug-likeness (QED) is 0.571. The lowest BCUT2D eigenvalue weighted by Crippen LogP contribution is -2.00. The van der Waals surface area contributed by atoms with Gasteiger partial charge in [-0.05, 0) is 53.3 Å². The Hall–Kier alpha value is -2.78. The van der Waals surface area contributed by atoms with Crippen molar-refractivity contribution in [2.24, 2.45) is 0 Å². The van der Waals surface area contributed by atoms with Crippen molar-refractivity contribution in [3.05, 3.63) is 83.4 Å². The van der Waals surface area contributed by atoms with E-state index in [-0.39, 0.29) is 19.0 Å².